The van der Waals surface area contributed by atoms with Gasteiger partial charge in [-0.2, -0.15) is 0 Å². The van der Waals surface area contributed by atoms with Gasteiger partial charge in [-0.05, 0) is 32.1 Å². The van der Waals surface area contributed by atoms with Crippen LogP contribution in [0.15, 0.2) is 0 Å². The van der Waals surface area contributed by atoms with Crippen LogP contribution in [0.5, 0.6) is 0 Å². The Bertz CT molecular complexity index is 276. The van der Waals surface area contributed by atoms with E-state index in [1.165, 1.54) is 0 Å². The number of carbonyl (C=O) groups excluding carboxylic acids is 2. The molecule has 0 amide bonds. The Balaban J connectivity index is 3.92. The Hall–Kier alpha value is -1.06. The Labute approximate surface area is 129 Å². The second kappa shape index (κ2) is 13.9. The molecular formula is C17H32O4. The van der Waals surface area contributed by atoms with E-state index in [2.05, 4.69) is 13.8 Å². The summed E-state index contributed by atoms with van der Waals surface area (Å²) in [5.41, 5.74) is 0. The first-order chi connectivity index (χ1) is 10.1. The molecule has 0 aliphatic heterocycles. The van der Waals surface area contributed by atoms with Crippen molar-refractivity contribution in [1.29, 1.82) is 0 Å². The van der Waals surface area contributed by atoms with Crippen molar-refractivity contribution in [2.75, 3.05) is 6.61 Å². The van der Waals surface area contributed by atoms with E-state index in [1.807, 2.05) is 0 Å². The number of hydrogen-bond acceptors (Lipinski definition) is 4. The van der Waals surface area contributed by atoms with Crippen molar-refractivity contribution in [2.45, 2.75) is 91.1 Å². The molecule has 0 heterocycles. The highest BCUT2D eigenvalue weighted by atomic mass is 16.5. The van der Waals surface area contributed by atoms with Crippen LogP contribution in [0, 0.1) is 0 Å². The van der Waals surface area contributed by atoms with Gasteiger partial charge in [-0.15, -0.1) is 0 Å². The lowest BCUT2D eigenvalue weighted by Crippen LogP contribution is -2.18. The van der Waals surface area contributed by atoms with Gasteiger partial charge in [0.25, 0.3) is 0 Å². The monoisotopic (exact) mass is 300 g/mol. The molecule has 0 aromatic rings. The van der Waals surface area contributed by atoms with Crippen LogP contribution in [0.1, 0.15) is 85.0 Å². The summed E-state index contributed by atoms with van der Waals surface area (Å²) in [5, 5.41) is 0. The molecule has 21 heavy (non-hydrogen) atoms. The summed E-state index contributed by atoms with van der Waals surface area (Å²) in [4.78, 5) is 22.9. The van der Waals surface area contributed by atoms with Gasteiger partial charge in [-0.25, -0.2) is 0 Å². The number of carbonyl (C=O) groups is 2. The number of hydrogen-bond donors (Lipinski definition) is 0. The van der Waals surface area contributed by atoms with Crippen LogP contribution in [-0.4, -0.2) is 24.6 Å². The lowest BCUT2D eigenvalue weighted by atomic mass is 10.0. The third-order valence-corrected chi connectivity index (χ3v) is 3.38. The van der Waals surface area contributed by atoms with Crippen molar-refractivity contribution in [1.82, 2.24) is 0 Å². The van der Waals surface area contributed by atoms with E-state index >= 15 is 0 Å². The zero-order valence-corrected chi connectivity index (χ0v) is 14.0. The SMILES string of the molecule is CCCCCC(CCCC(=O)OCCCC)OC(=O)CC. The molecule has 1 unspecified atom stereocenters. The van der Waals surface area contributed by atoms with Crippen LogP contribution in [0.25, 0.3) is 0 Å². The summed E-state index contributed by atoms with van der Waals surface area (Å²) < 4.78 is 10.6. The van der Waals surface area contributed by atoms with E-state index in [0.29, 0.717) is 19.4 Å². The van der Waals surface area contributed by atoms with E-state index in [9.17, 15) is 9.59 Å². The predicted molar refractivity (Wildman–Crippen MR) is 84.0 cm³/mol. The summed E-state index contributed by atoms with van der Waals surface area (Å²) in [6, 6.07) is 0. The fraction of sp³-hybridized carbons (Fsp3) is 0.882. The highest BCUT2D eigenvalue weighted by Gasteiger charge is 2.14. The van der Waals surface area contributed by atoms with E-state index in [-0.39, 0.29) is 18.0 Å². The molecule has 0 aliphatic carbocycles. The maximum absolute atomic E-state index is 11.5. The van der Waals surface area contributed by atoms with E-state index in [4.69, 9.17) is 9.47 Å². The minimum Gasteiger partial charge on any atom is -0.466 e. The van der Waals surface area contributed by atoms with Gasteiger partial charge in [0.1, 0.15) is 6.10 Å². The van der Waals surface area contributed by atoms with Gasteiger partial charge in [0, 0.05) is 12.8 Å². The van der Waals surface area contributed by atoms with Crippen molar-refractivity contribution in [3.05, 3.63) is 0 Å². The van der Waals surface area contributed by atoms with E-state index < -0.39 is 0 Å². The minimum atomic E-state index is -0.151. The molecule has 0 bridgehead atoms. The summed E-state index contributed by atoms with van der Waals surface area (Å²) in [7, 11) is 0. The Morgan fingerprint density at radius 2 is 1.52 bits per heavy atom. The van der Waals surface area contributed by atoms with Gasteiger partial charge in [0.15, 0.2) is 0 Å². The quantitative estimate of drug-likeness (QED) is 0.373. The third-order valence-electron chi connectivity index (χ3n) is 3.38. The van der Waals surface area contributed by atoms with Gasteiger partial charge < -0.3 is 9.47 Å². The zero-order chi connectivity index (χ0) is 15.9. The summed E-state index contributed by atoms with van der Waals surface area (Å²) in [6.07, 6.45) is 8.45. The molecule has 0 radical (unpaired) electrons. The molecule has 4 nitrogen and oxygen atoms in total. The lowest BCUT2D eigenvalue weighted by molar-refractivity contribution is -0.149. The van der Waals surface area contributed by atoms with Crippen LogP contribution >= 0.6 is 0 Å². The van der Waals surface area contributed by atoms with Crippen LogP contribution < -0.4 is 0 Å². The second-order valence-electron chi connectivity index (χ2n) is 5.43. The number of esters is 2. The molecular weight excluding hydrogens is 268 g/mol. The first-order valence-corrected chi connectivity index (χ1v) is 8.49. The zero-order valence-electron chi connectivity index (χ0n) is 14.0. The molecule has 124 valence electrons. The summed E-state index contributed by atoms with van der Waals surface area (Å²) >= 11 is 0. The first kappa shape index (κ1) is 19.9. The molecule has 0 aromatic carbocycles. The predicted octanol–water partition coefficient (Wildman–Crippen LogP) is 4.40. The van der Waals surface area contributed by atoms with Crippen molar-refractivity contribution < 1.29 is 19.1 Å². The average molecular weight is 300 g/mol. The molecule has 0 rings (SSSR count). The molecule has 1 atom stereocenters. The topological polar surface area (TPSA) is 52.6 Å². The highest BCUT2D eigenvalue weighted by Crippen LogP contribution is 2.14. The van der Waals surface area contributed by atoms with Crippen molar-refractivity contribution >= 4 is 11.9 Å². The fourth-order valence-electron chi connectivity index (χ4n) is 2.03. The normalized spacial score (nSPS) is 12.0. The fourth-order valence-corrected chi connectivity index (χ4v) is 2.03. The van der Waals surface area contributed by atoms with Crippen LogP contribution in [0.4, 0.5) is 0 Å². The standard InChI is InChI=1S/C17H32O4/c1-4-7-9-11-15(21-16(18)6-3)12-10-13-17(19)20-14-8-5-2/h15H,4-14H2,1-3H3. The van der Waals surface area contributed by atoms with Gasteiger partial charge in [0.2, 0.25) is 0 Å². The number of ether oxygens (including phenoxy) is 2. The Morgan fingerprint density at radius 3 is 2.14 bits per heavy atom. The molecule has 0 aliphatic rings. The van der Waals surface area contributed by atoms with Crippen LogP contribution in [0.3, 0.4) is 0 Å². The van der Waals surface area contributed by atoms with E-state index in [1.54, 1.807) is 6.92 Å². The van der Waals surface area contributed by atoms with Crippen molar-refractivity contribution in [2.24, 2.45) is 0 Å². The largest absolute Gasteiger partial charge is 0.466 e. The minimum absolute atomic E-state index is 0.0487. The molecule has 0 saturated carbocycles. The van der Waals surface area contributed by atoms with Crippen LogP contribution in [0.2, 0.25) is 0 Å². The third kappa shape index (κ3) is 12.4. The maximum atomic E-state index is 11.5. The molecule has 0 saturated heterocycles. The molecule has 0 aromatic heterocycles. The van der Waals surface area contributed by atoms with Gasteiger partial charge >= 0.3 is 11.9 Å². The average Bonchev–Trinajstić information content (AvgIpc) is 2.47. The first-order valence-electron chi connectivity index (χ1n) is 8.49. The van der Waals surface area contributed by atoms with E-state index in [0.717, 1.165) is 51.4 Å². The Morgan fingerprint density at radius 1 is 0.857 bits per heavy atom. The number of rotatable bonds is 13. The van der Waals surface area contributed by atoms with Gasteiger partial charge in [0.05, 0.1) is 6.61 Å². The Kier molecular flexibility index (Phi) is 13.2. The molecule has 4 heteroatoms. The van der Waals surface area contributed by atoms with Crippen LogP contribution in [-0.2, 0) is 19.1 Å². The van der Waals surface area contributed by atoms with Crippen molar-refractivity contribution in [3.63, 3.8) is 0 Å². The highest BCUT2D eigenvalue weighted by molar-refractivity contribution is 5.69. The lowest BCUT2D eigenvalue weighted by Gasteiger charge is -2.17. The maximum Gasteiger partial charge on any atom is 0.305 e. The molecule has 0 fully saturated rings. The van der Waals surface area contributed by atoms with Gasteiger partial charge in [-0.3, -0.25) is 9.59 Å². The van der Waals surface area contributed by atoms with Crippen molar-refractivity contribution in [3.8, 4) is 0 Å². The van der Waals surface area contributed by atoms with Gasteiger partial charge in [-0.1, -0.05) is 40.0 Å². The molecule has 0 spiro atoms. The summed E-state index contributed by atoms with van der Waals surface area (Å²) in [5.74, 6) is -0.292. The number of unbranched alkanes of at least 4 members (excludes halogenated alkanes) is 3. The molecule has 0 N–H and O–H groups in total. The smallest absolute Gasteiger partial charge is 0.305 e. The summed E-state index contributed by atoms with van der Waals surface area (Å²) in [6.45, 7) is 6.53. The second-order valence-corrected chi connectivity index (χ2v) is 5.43.